The molecule has 0 spiro atoms. The number of furan rings is 3. The first-order valence-electron chi connectivity index (χ1n) is 27.3. The molecule has 378 valence electrons. The van der Waals surface area contributed by atoms with Crippen LogP contribution in [0.5, 0.6) is 0 Å². The minimum absolute atomic E-state index is 0.0971. The van der Waals surface area contributed by atoms with Crippen LogP contribution in [0.1, 0.15) is 77.6 Å². The highest BCUT2D eigenvalue weighted by Gasteiger charge is 2.40. The number of fused-ring (bicyclic) bond motifs is 16. The van der Waals surface area contributed by atoms with Crippen LogP contribution in [0.4, 0.5) is 34.1 Å². The molecule has 0 saturated heterocycles. The fraction of sp³-hybridized carbons (Fsp3) is 0.151. The molecule has 0 amide bonds. The molecule has 0 radical (unpaired) electrons. The van der Waals surface area contributed by atoms with Crippen LogP contribution in [0.15, 0.2) is 220 Å². The van der Waals surface area contributed by atoms with Gasteiger partial charge in [-0.1, -0.05) is 201 Å². The molecule has 0 N–H and O–H groups in total. The summed E-state index contributed by atoms with van der Waals surface area (Å²) in [6.45, 7) is 18.3. The van der Waals surface area contributed by atoms with Crippen LogP contribution in [0.2, 0.25) is 0 Å². The van der Waals surface area contributed by atoms with Crippen molar-refractivity contribution in [3.8, 4) is 11.1 Å². The van der Waals surface area contributed by atoms with Gasteiger partial charge in [-0.15, -0.1) is 0 Å². The lowest BCUT2D eigenvalue weighted by Crippen LogP contribution is -2.17. The van der Waals surface area contributed by atoms with Crippen LogP contribution in [0.3, 0.4) is 0 Å². The Morgan fingerprint density at radius 2 is 0.769 bits per heavy atom. The Morgan fingerprint density at radius 3 is 1.29 bits per heavy atom. The Morgan fingerprint density at radius 1 is 0.333 bits per heavy atom. The smallest absolute Gasteiger partial charge is 0.159 e. The lowest BCUT2D eigenvalue weighted by atomic mass is 9.81. The molecule has 3 heterocycles. The third kappa shape index (κ3) is 6.67. The Kier molecular flexibility index (Phi) is 9.77. The molecule has 78 heavy (non-hydrogen) atoms. The van der Waals surface area contributed by atoms with Gasteiger partial charge in [-0.05, 0) is 98.5 Å². The normalized spacial score (nSPS) is 13.5. The quantitative estimate of drug-likeness (QED) is 0.166. The molecule has 0 bridgehead atoms. The molecule has 0 atom stereocenters. The zero-order valence-corrected chi connectivity index (χ0v) is 45.2. The summed E-state index contributed by atoms with van der Waals surface area (Å²) in [5.74, 6) is 0. The van der Waals surface area contributed by atoms with Crippen molar-refractivity contribution in [2.45, 2.75) is 71.6 Å². The first-order chi connectivity index (χ1) is 37.7. The summed E-state index contributed by atoms with van der Waals surface area (Å²) >= 11 is 0. The molecule has 1 aliphatic rings. The molecule has 0 fully saturated rings. The van der Waals surface area contributed by atoms with E-state index in [4.69, 9.17) is 13.3 Å². The third-order valence-corrected chi connectivity index (χ3v) is 16.8. The summed E-state index contributed by atoms with van der Waals surface area (Å²) in [6.07, 6.45) is 0. The van der Waals surface area contributed by atoms with E-state index in [2.05, 4.69) is 271 Å². The Hall–Kier alpha value is -9.06. The fourth-order valence-corrected chi connectivity index (χ4v) is 13.2. The van der Waals surface area contributed by atoms with Crippen LogP contribution in [0, 0.1) is 0 Å². The number of benzene rings is 11. The van der Waals surface area contributed by atoms with E-state index in [0.29, 0.717) is 0 Å². The second-order valence-corrected chi connectivity index (χ2v) is 24.0. The minimum Gasteiger partial charge on any atom is -0.456 e. The number of hydrogen-bond acceptors (Lipinski definition) is 5. The molecule has 11 aromatic carbocycles. The van der Waals surface area contributed by atoms with Crippen molar-refractivity contribution in [3.63, 3.8) is 0 Å². The van der Waals surface area contributed by atoms with E-state index in [0.717, 1.165) is 116 Å². The monoisotopic (exact) mass is 1010 g/mol. The zero-order valence-electron chi connectivity index (χ0n) is 45.2. The number of anilines is 6. The largest absolute Gasteiger partial charge is 0.456 e. The van der Waals surface area contributed by atoms with Crippen LogP contribution in [-0.4, -0.2) is 0 Å². The van der Waals surface area contributed by atoms with Gasteiger partial charge in [0.25, 0.3) is 0 Å². The van der Waals surface area contributed by atoms with Gasteiger partial charge in [0.05, 0.1) is 22.7 Å². The summed E-state index contributed by atoms with van der Waals surface area (Å²) in [4.78, 5) is 4.78. The van der Waals surface area contributed by atoms with Gasteiger partial charge in [0.15, 0.2) is 11.2 Å². The molecular formula is C73H58N2O3. The van der Waals surface area contributed by atoms with E-state index < -0.39 is 0 Å². The fourth-order valence-electron chi connectivity index (χ4n) is 13.2. The maximum absolute atomic E-state index is 7.24. The molecule has 0 unspecified atom stereocenters. The maximum atomic E-state index is 7.24. The van der Waals surface area contributed by atoms with Crippen molar-refractivity contribution in [1.29, 1.82) is 0 Å². The van der Waals surface area contributed by atoms with Gasteiger partial charge in [-0.2, -0.15) is 0 Å². The van der Waals surface area contributed by atoms with Crippen molar-refractivity contribution in [1.82, 2.24) is 0 Å². The summed E-state index contributed by atoms with van der Waals surface area (Å²) in [7, 11) is 0. The Bertz CT molecular complexity index is 4790. The van der Waals surface area contributed by atoms with Gasteiger partial charge in [-0.3, -0.25) is 0 Å². The van der Waals surface area contributed by atoms with Crippen molar-refractivity contribution < 1.29 is 13.3 Å². The van der Waals surface area contributed by atoms with E-state index >= 15 is 0 Å². The predicted octanol–water partition coefficient (Wildman–Crippen LogP) is 21.5. The Balaban J connectivity index is 0.942. The lowest BCUT2D eigenvalue weighted by Gasteiger charge is -2.29. The van der Waals surface area contributed by atoms with E-state index in [1.54, 1.807) is 0 Å². The lowest BCUT2D eigenvalue weighted by molar-refractivity contribution is 0.572. The van der Waals surface area contributed by atoms with Crippen LogP contribution in [-0.2, 0) is 16.2 Å². The SMILES string of the molecule is CC(C)(C)c1cccc2c1oc1c(N(c3ccccc3)c3cc4c(c5ccccc35)-c3cc5oc6cc(N(c7ccccc7)c7cccc8c7oc7c(C(C)(C)C)cccc78)c7ccccc7c6c5cc3C4(C)C)cccc12. The van der Waals surface area contributed by atoms with Crippen LogP contribution in [0.25, 0.3) is 98.5 Å². The molecule has 1 aliphatic carbocycles. The third-order valence-electron chi connectivity index (χ3n) is 16.8. The molecule has 15 rings (SSSR count). The highest BCUT2D eigenvalue weighted by molar-refractivity contribution is 6.24. The van der Waals surface area contributed by atoms with Gasteiger partial charge >= 0.3 is 0 Å². The summed E-state index contributed by atoms with van der Waals surface area (Å²) in [5, 5.41) is 11.3. The zero-order chi connectivity index (χ0) is 53.0. The van der Waals surface area contributed by atoms with Gasteiger partial charge < -0.3 is 23.1 Å². The number of para-hydroxylation sites is 6. The van der Waals surface area contributed by atoms with Gasteiger partial charge in [0.1, 0.15) is 22.3 Å². The molecule has 14 aromatic rings. The molecule has 5 nitrogen and oxygen atoms in total. The first-order valence-corrected chi connectivity index (χ1v) is 27.3. The molecular weight excluding hydrogens is 953 g/mol. The van der Waals surface area contributed by atoms with Gasteiger partial charge in [-0.25, -0.2) is 0 Å². The summed E-state index contributed by atoms with van der Waals surface area (Å²) in [5.41, 5.74) is 18.3. The number of rotatable bonds is 6. The van der Waals surface area contributed by atoms with Crippen LogP contribution < -0.4 is 9.80 Å². The average Bonchev–Trinajstić information content (AvgIpc) is 4.25. The summed E-state index contributed by atoms with van der Waals surface area (Å²) in [6, 6.07) is 74.9. The van der Waals surface area contributed by atoms with E-state index in [9.17, 15) is 0 Å². The van der Waals surface area contributed by atoms with Crippen molar-refractivity contribution in [2.75, 3.05) is 9.80 Å². The molecule has 0 saturated carbocycles. The second-order valence-electron chi connectivity index (χ2n) is 24.0. The maximum Gasteiger partial charge on any atom is 0.159 e. The summed E-state index contributed by atoms with van der Waals surface area (Å²) < 4.78 is 21.4. The predicted molar refractivity (Wildman–Crippen MR) is 328 cm³/mol. The van der Waals surface area contributed by atoms with E-state index in [1.807, 2.05) is 0 Å². The number of nitrogens with zero attached hydrogens (tertiary/aromatic N) is 2. The highest BCUT2D eigenvalue weighted by Crippen LogP contribution is 2.57. The Labute approximate surface area is 453 Å². The topological polar surface area (TPSA) is 45.9 Å². The van der Waals surface area contributed by atoms with E-state index in [-0.39, 0.29) is 16.2 Å². The average molecular weight is 1010 g/mol. The molecule has 0 aliphatic heterocycles. The first kappa shape index (κ1) is 46.3. The standard InChI is InChI=1S/C73H58N2O3/c1-71(2,3)55-35-19-31-49-51-33-21-37-59(69(51)77-67(49)55)74(43-23-11-9-12-24-43)61-41-58-65(47-29-17-15-27-45(47)61)53-40-63-54(39-57(53)73(58,7)8)66-48-30-18-16-28-46(48)62(42-64(66)76-63)75(44-25-13-10-14-26-44)60-38-22-34-52-50-32-20-36-56(72(4,5)6)68(50)78-70(52)60/h9-42H,1-8H3. The van der Waals surface area contributed by atoms with Crippen molar-refractivity contribution in [2.24, 2.45) is 0 Å². The highest BCUT2D eigenvalue weighted by atomic mass is 16.3. The van der Waals surface area contributed by atoms with Gasteiger partial charge in [0.2, 0.25) is 0 Å². The van der Waals surface area contributed by atoms with Crippen LogP contribution >= 0.6 is 0 Å². The second kappa shape index (κ2) is 16.5. The minimum atomic E-state index is -0.380. The number of hydrogen-bond donors (Lipinski definition) is 0. The van der Waals surface area contributed by atoms with Crippen molar-refractivity contribution in [3.05, 3.63) is 229 Å². The van der Waals surface area contributed by atoms with Crippen molar-refractivity contribution >= 4 is 121 Å². The molecule has 3 aromatic heterocycles. The van der Waals surface area contributed by atoms with Gasteiger partial charge in [0, 0.05) is 77.1 Å². The molecule has 5 heteroatoms. The van der Waals surface area contributed by atoms with E-state index in [1.165, 1.54) is 38.8 Å².